The van der Waals surface area contributed by atoms with E-state index in [9.17, 15) is 0 Å². The van der Waals surface area contributed by atoms with E-state index in [2.05, 4.69) is 0 Å². The Morgan fingerprint density at radius 1 is 1.10 bits per heavy atom. The van der Waals surface area contributed by atoms with Crippen LogP contribution in [-0.4, -0.2) is 24.1 Å². The number of hydrogen-bond donors (Lipinski definition) is 0. The first-order valence-electron chi connectivity index (χ1n) is 1.22. The molecule has 0 aromatic heterocycles. The summed E-state index contributed by atoms with van der Waals surface area (Å²) >= 11 is -4.08. The molecule has 0 fully saturated rings. The molecule has 0 unspecified atom stereocenters. The second-order valence-electron chi connectivity index (χ2n) is 0.500. The molecule has 0 saturated heterocycles. The van der Waals surface area contributed by atoms with Crippen LogP contribution in [0.2, 0.25) is 0 Å². The van der Waals surface area contributed by atoms with E-state index >= 15 is 0 Å². The van der Waals surface area contributed by atoms with E-state index < -0.39 is 24.1 Å². The van der Waals surface area contributed by atoms with Gasteiger partial charge in [-0.1, -0.05) is 0 Å². The summed E-state index contributed by atoms with van der Waals surface area (Å²) in [6.45, 7) is 0. The van der Waals surface area contributed by atoms with Crippen LogP contribution in [0, 0.1) is 0 Å². The first-order valence-corrected chi connectivity index (χ1v) is 5.02. The molecule has 0 atom stereocenters. The van der Waals surface area contributed by atoms with Crippen LogP contribution in [-0.2, 0) is 47.2 Å². The van der Waals surface area contributed by atoms with E-state index in [1.165, 1.54) is 0 Å². The van der Waals surface area contributed by atoms with Crippen molar-refractivity contribution in [2.24, 2.45) is 0 Å². The third-order valence-corrected chi connectivity index (χ3v) is 0. The predicted octanol–water partition coefficient (Wildman–Crippen LogP) is -5.76. The Hall–Kier alpha value is 0.806. The molecule has 0 heterocycles. The maximum absolute atomic E-state index is 8.58. The number of hydrogen-bond acceptors (Lipinski definition) is 6. The zero-order valence-corrected chi connectivity index (χ0v) is 13.9. The van der Waals surface area contributed by atoms with E-state index in [1.807, 2.05) is 0 Å². The Morgan fingerprint density at radius 3 is 1.10 bits per heavy atom. The molecule has 6 nitrogen and oxygen atoms in total. The Bertz CT molecular complexity index is 73.7. The summed E-state index contributed by atoms with van der Waals surface area (Å²) in [5.41, 5.74) is 0. The van der Waals surface area contributed by atoms with Gasteiger partial charge in [0.25, 0.3) is 0 Å². The minimum atomic E-state index is -4.08. The van der Waals surface area contributed by atoms with Gasteiger partial charge in [-0.15, -0.1) is 0 Å². The maximum atomic E-state index is 8.58. The van der Waals surface area contributed by atoms with Crippen molar-refractivity contribution in [3.8, 4) is 0 Å². The van der Waals surface area contributed by atoms with Crippen molar-refractivity contribution in [2.75, 3.05) is 0 Å². The molecule has 0 N–H and O–H groups in total. The molecule has 0 amide bonds. The molecule has 10 heteroatoms. The molecular formula is GeO6SiZn2. The molecular weight excluding hydrogens is 327 g/mol. The zero-order valence-electron chi connectivity index (χ0n) is 4.86. The molecule has 0 spiro atoms. The van der Waals surface area contributed by atoms with E-state index in [0.717, 1.165) is 0 Å². The quantitative estimate of drug-likeness (QED) is 0.408. The van der Waals surface area contributed by atoms with Crippen LogP contribution >= 0.6 is 0 Å². The third-order valence-electron chi connectivity index (χ3n) is 0. The van der Waals surface area contributed by atoms with Gasteiger partial charge in [0.2, 0.25) is 0 Å². The van der Waals surface area contributed by atoms with Crippen molar-refractivity contribution < 1.29 is 65.1 Å². The van der Waals surface area contributed by atoms with Crippen LogP contribution < -0.4 is 17.9 Å². The van der Waals surface area contributed by atoms with Gasteiger partial charge in [-0.05, 0) is 0 Å². The molecule has 0 bridgehead atoms. The Balaban J connectivity index is -0.0000000300. The maximum Gasteiger partial charge on any atom is 2.00 e. The summed E-state index contributed by atoms with van der Waals surface area (Å²) in [5, 5.41) is 0. The first-order chi connectivity index (χ1) is 3.46. The molecule has 0 saturated carbocycles. The SMILES string of the molecule is O=[Si]([O-])[O-].[O]=[Ge]([O-])[O-].[Zn+2].[Zn+2]. The monoisotopic (exact) mass is 326 g/mol. The van der Waals surface area contributed by atoms with E-state index in [0.29, 0.717) is 0 Å². The van der Waals surface area contributed by atoms with Crippen LogP contribution in [0.25, 0.3) is 0 Å². The van der Waals surface area contributed by atoms with E-state index in [-0.39, 0.29) is 39.0 Å². The van der Waals surface area contributed by atoms with E-state index in [1.54, 1.807) is 0 Å². The fraction of sp³-hybridized carbons (Fsp3) is 0. The van der Waals surface area contributed by atoms with Gasteiger partial charge in [0.1, 0.15) is 0 Å². The fourth-order valence-electron chi connectivity index (χ4n) is 0. The largest absolute Gasteiger partial charge is 2.00 e. The minimum Gasteiger partial charge on any atom is 2.00 e. The van der Waals surface area contributed by atoms with Crippen molar-refractivity contribution in [3.05, 3.63) is 0 Å². The zero-order chi connectivity index (χ0) is 7.15. The molecule has 0 aromatic carbocycles. The third kappa shape index (κ3) is 825. The topological polar surface area (TPSA) is 126 Å². The number of rotatable bonds is 0. The van der Waals surface area contributed by atoms with Crippen molar-refractivity contribution >= 4 is 24.1 Å². The summed E-state index contributed by atoms with van der Waals surface area (Å²) in [7, 11) is -3.63. The minimum absolute atomic E-state index is 0. The second-order valence-corrected chi connectivity index (χ2v) is 2.05. The molecule has 10 heavy (non-hydrogen) atoms. The summed E-state index contributed by atoms with van der Waals surface area (Å²) in [6, 6.07) is 0. The molecule has 0 aliphatic rings. The van der Waals surface area contributed by atoms with Gasteiger partial charge in [0.15, 0.2) is 0 Å². The average Bonchev–Trinajstić information content (AvgIpc) is 1.25. The Morgan fingerprint density at radius 2 is 1.10 bits per heavy atom. The van der Waals surface area contributed by atoms with Crippen LogP contribution in [0.3, 0.4) is 0 Å². The second kappa shape index (κ2) is 16.4. The van der Waals surface area contributed by atoms with Gasteiger partial charge in [0.05, 0.1) is 0 Å². The average molecular weight is 327 g/mol. The standard InChI is InChI=1S/GeO3.O3Si.2Zn/c2-1(3)4;1-4(2)3;;/q2*-2;2*+2. The Labute approximate surface area is 88.7 Å². The van der Waals surface area contributed by atoms with Gasteiger partial charge in [-0.25, -0.2) is 0 Å². The van der Waals surface area contributed by atoms with Gasteiger partial charge in [-0.3, -0.25) is 0 Å². The van der Waals surface area contributed by atoms with Crippen LogP contribution in [0.5, 0.6) is 0 Å². The van der Waals surface area contributed by atoms with Crippen molar-refractivity contribution in [3.63, 3.8) is 0 Å². The molecule has 0 rings (SSSR count). The van der Waals surface area contributed by atoms with Gasteiger partial charge in [-0.2, -0.15) is 0 Å². The Kier molecular flexibility index (Phi) is 36.8. The van der Waals surface area contributed by atoms with Gasteiger partial charge in [0, 0.05) is 9.17 Å². The van der Waals surface area contributed by atoms with Gasteiger partial charge >= 0.3 is 66.0 Å². The summed E-state index contributed by atoms with van der Waals surface area (Å²) in [4.78, 5) is 17.0. The molecule has 0 aromatic rings. The summed E-state index contributed by atoms with van der Waals surface area (Å²) < 4.78 is 34.3. The van der Waals surface area contributed by atoms with Crippen molar-refractivity contribution in [2.45, 2.75) is 0 Å². The van der Waals surface area contributed by atoms with E-state index in [4.69, 9.17) is 26.1 Å². The normalized spacial score (nSPS) is 4.80. The first kappa shape index (κ1) is 22.4. The summed E-state index contributed by atoms with van der Waals surface area (Å²) in [5.74, 6) is 0. The van der Waals surface area contributed by atoms with Gasteiger partial charge < -0.3 is 14.1 Å². The van der Waals surface area contributed by atoms with Crippen LogP contribution in [0.1, 0.15) is 0 Å². The predicted molar refractivity (Wildman–Crippen MR) is 12.9 cm³/mol. The smallest absolute Gasteiger partial charge is 2.00 e. The van der Waals surface area contributed by atoms with Crippen LogP contribution in [0.4, 0.5) is 0 Å². The fourth-order valence-corrected chi connectivity index (χ4v) is 0. The molecule has 0 radical (unpaired) electrons. The molecule has 0 aliphatic carbocycles. The molecule has 48 valence electrons. The van der Waals surface area contributed by atoms with Crippen molar-refractivity contribution in [1.29, 1.82) is 0 Å². The molecule has 0 aliphatic heterocycles. The van der Waals surface area contributed by atoms with Crippen LogP contribution in [0.15, 0.2) is 0 Å². The summed E-state index contributed by atoms with van der Waals surface area (Å²) in [6.07, 6.45) is 0. The van der Waals surface area contributed by atoms with Crippen molar-refractivity contribution in [1.82, 2.24) is 0 Å².